The van der Waals surface area contributed by atoms with E-state index in [1.807, 2.05) is 0 Å². The lowest BCUT2D eigenvalue weighted by Crippen LogP contribution is -2.13. The highest BCUT2D eigenvalue weighted by molar-refractivity contribution is 6.31. The Bertz CT molecular complexity index is 580. The molecule has 4 N–H and O–H groups in total. The lowest BCUT2D eigenvalue weighted by Gasteiger charge is -2.09. The van der Waals surface area contributed by atoms with Gasteiger partial charge in [-0.3, -0.25) is 4.79 Å². The predicted molar refractivity (Wildman–Crippen MR) is 71.2 cm³/mol. The zero-order valence-electron chi connectivity index (χ0n) is 9.66. The number of carbonyl (C=O) groups excluding carboxylic acids is 1. The van der Waals surface area contributed by atoms with E-state index >= 15 is 0 Å². The van der Waals surface area contributed by atoms with Crippen LogP contribution in [0.3, 0.4) is 0 Å². The molecule has 0 radical (unpaired) electrons. The van der Waals surface area contributed by atoms with E-state index in [2.05, 4.69) is 10.3 Å². The monoisotopic (exact) mass is 265 g/mol. The van der Waals surface area contributed by atoms with E-state index in [0.29, 0.717) is 27.8 Å². The fourth-order valence-corrected chi connectivity index (χ4v) is 1.62. The molecule has 0 spiro atoms. The first-order valence-electron chi connectivity index (χ1n) is 5.19. The summed E-state index contributed by atoms with van der Waals surface area (Å²) in [5, 5.41) is 3.15. The fraction of sp³-hybridized carbons (Fsp3) is 0.0833. The summed E-state index contributed by atoms with van der Waals surface area (Å²) in [6.07, 6.45) is 1.53. The minimum absolute atomic E-state index is 0.318. The SMILES string of the molecule is COc1ccc(N)c(NC(=O)c2cc(Cl)c[nH]2)c1. The third kappa shape index (κ3) is 2.57. The third-order valence-corrected chi connectivity index (χ3v) is 2.62. The molecule has 0 saturated carbocycles. The molecule has 0 fully saturated rings. The van der Waals surface area contributed by atoms with Crippen molar-refractivity contribution in [3.05, 3.63) is 41.2 Å². The maximum Gasteiger partial charge on any atom is 0.272 e. The normalized spacial score (nSPS) is 10.1. The Morgan fingerprint density at radius 1 is 1.44 bits per heavy atom. The van der Waals surface area contributed by atoms with Gasteiger partial charge in [0.1, 0.15) is 11.4 Å². The van der Waals surface area contributed by atoms with E-state index in [1.165, 1.54) is 12.3 Å². The number of hydrogen-bond acceptors (Lipinski definition) is 3. The van der Waals surface area contributed by atoms with Gasteiger partial charge in [-0.2, -0.15) is 0 Å². The van der Waals surface area contributed by atoms with Crippen LogP contribution in [-0.4, -0.2) is 18.0 Å². The lowest BCUT2D eigenvalue weighted by molar-refractivity contribution is 0.102. The number of carbonyl (C=O) groups is 1. The van der Waals surface area contributed by atoms with Crippen LogP contribution < -0.4 is 15.8 Å². The van der Waals surface area contributed by atoms with Crippen LogP contribution in [0, 0.1) is 0 Å². The van der Waals surface area contributed by atoms with Gasteiger partial charge in [-0.25, -0.2) is 0 Å². The number of benzene rings is 1. The van der Waals surface area contributed by atoms with Gasteiger partial charge in [0.2, 0.25) is 0 Å². The van der Waals surface area contributed by atoms with Gasteiger partial charge in [-0.05, 0) is 18.2 Å². The molecular formula is C12H12ClN3O2. The van der Waals surface area contributed by atoms with Crippen molar-refractivity contribution in [1.29, 1.82) is 0 Å². The van der Waals surface area contributed by atoms with Gasteiger partial charge in [0.15, 0.2) is 0 Å². The molecule has 0 aliphatic rings. The fourth-order valence-electron chi connectivity index (χ4n) is 1.46. The van der Waals surface area contributed by atoms with E-state index in [0.717, 1.165) is 0 Å². The summed E-state index contributed by atoms with van der Waals surface area (Å²) >= 11 is 5.73. The molecule has 1 aromatic heterocycles. The number of methoxy groups -OCH3 is 1. The Labute approximate surface area is 109 Å². The van der Waals surface area contributed by atoms with Crippen LogP contribution in [0.15, 0.2) is 30.5 Å². The van der Waals surface area contributed by atoms with Crippen molar-refractivity contribution in [3.8, 4) is 5.75 Å². The lowest BCUT2D eigenvalue weighted by atomic mass is 10.2. The van der Waals surface area contributed by atoms with Gasteiger partial charge in [-0.15, -0.1) is 0 Å². The van der Waals surface area contributed by atoms with Crippen LogP contribution >= 0.6 is 11.6 Å². The molecule has 0 aliphatic carbocycles. The van der Waals surface area contributed by atoms with Crippen LogP contribution in [0.2, 0.25) is 5.02 Å². The van der Waals surface area contributed by atoms with Crippen molar-refractivity contribution in [2.45, 2.75) is 0 Å². The number of nitrogens with two attached hydrogens (primary N) is 1. The standard InChI is InChI=1S/C12H12ClN3O2/c1-18-8-2-3-9(14)10(5-8)16-12(17)11-4-7(13)6-15-11/h2-6,15H,14H2,1H3,(H,16,17). The van der Waals surface area contributed by atoms with Crippen LogP contribution in [0.4, 0.5) is 11.4 Å². The van der Waals surface area contributed by atoms with Crippen LogP contribution in [0.5, 0.6) is 5.75 Å². The van der Waals surface area contributed by atoms with Gasteiger partial charge in [0.05, 0.1) is 23.5 Å². The molecule has 18 heavy (non-hydrogen) atoms. The summed E-state index contributed by atoms with van der Waals surface area (Å²) in [6.45, 7) is 0. The zero-order valence-corrected chi connectivity index (χ0v) is 10.4. The number of nitrogen functional groups attached to an aromatic ring is 1. The average molecular weight is 266 g/mol. The first-order chi connectivity index (χ1) is 8.60. The summed E-state index contributed by atoms with van der Waals surface area (Å²) in [4.78, 5) is 14.6. The summed E-state index contributed by atoms with van der Waals surface area (Å²) in [5.74, 6) is 0.297. The highest BCUT2D eigenvalue weighted by Crippen LogP contribution is 2.25. The Hall–Kier alpha value is -2.14. The molecule has 0 atom stereocenters. The molecule has 2 aromatic rings. The largest absolute Gasteiger partial charge is 0.497 e. The Morgan fingerprint density at radius 2 is 2.22 bits per heavy atom. The number of anilines is 2. The van der Waals surface area contributed by atoms with Gasteiger partial charge in [0, 0.05) is 12.3 Å². The summed E-state index contributed by atoms with van der Waals surface area (Å²) in [5.41, 5.74) is 7.08. The predicted octanol–water partition coefficient (Wildman–Crippen LogP) is 2.51. The second-order valence-electron chi connectivity index (χ2n) is 3.64. The Morgan fingerprint density at radius 3 is 2.83 bits per heavy atom. The topological polar surface area (TPSA) is 80.1 Å². The highest BCUT2D eigenvalue weighted by atomic mass is 35.5. The molecular weight excluding hydrogens is 254 g/mol. The van der Waals surface area contributed by atoms with E-state index in [1.54, 1.807) is 25.3 Å². The molecule has 1 amide bonds. The van der Waals surface area contributed by atoms with Gasteiger partial charge in [-0.1, -0.05) is 11.6 Å². The Kier molecular flexibility index (Phi) is 3.43. The molecule has 0 unspecified atom stereocenters. The second kappa shape index (κ2) is 5.01. The maximum absolute atomic E-state index is 11.9. The van der Waals surface area contributed by atoms with E-state index in [-0.39, 0.29) is 5.91 Å². The van der Waals surface area contributed by atoms with Crippen LogP contribution in [-0.2, 0) is 0 Å². The summed E-state index contributed by atoms with van der Waals surface area (Å²) < 4.78 is 5.07. The Balaban J connectivity index is 2.21. The van der Waals surface area contributed by atoms with E-state index in [4.69, 9.17) is 22.1 Å². The van der Waals surface area contributed by atoms with Crippen molar-refractivity contribution >= 4 is 28.9 Å². The molecule has 6 heteroatoms. The number of H-pyrrole nitrogens is 1. The third-order valence-electron chi connectivity index (χ3n) is 2.40. The number of amides is 1. The number of aromatic amines is 1. The van der Waals surface area contributed by atoms with E-state index in [9.17, 15) is 4.79 Å². The zero-order chi connectivity index (χ0) is 13.1. The molecule has 94 valence electrons. The molecule has 0 aliphatic heterocycles. The van der Waals surface area contributed by atoms with E-state index < -0.39 is 0 Å². The number of aromatic nitrogens is 1. The van der Waals surface area contributed by atoms with Gasteiger partial charge >= 0.3 is 0 Å². The van der Waals surface area contributed by atoms with Crippen molar-refractivity contribution in [3.63, 3.8) is 0 Å². The quantitative estimate of drug-likeness (QED) is 0.746. The first kappa shape index (κ1) is 12.3. The van der Waals surface area contributed by atoms with Crippen molar-refractivity contribution in [2.24, 2.45) is 0 Å². The number of hydrogen-bond donors (Lipinski definition) is 3. The molecule has 2 rings (SSSR count). The molecule has 1 aromatic carbocycles. The maximum atomic E-state index is 11.9. The number of rotatable bonds is 3. The number of halogens is 1. The highest BCUT2D eigenvalue weighted by Gasteiger charge is 2.10. The van der Waals surface area contributed by atoms with Crippen molar-refractivity contribution in [2.75, 3.05) is 18.2 Å². The molecule has 0 saturated heterocycles. The average Bonchev–Trinajstić information content (AvgIpc) is 2.79. The molecule has 5 nitrogen and oxygen atoms in total. The van der Waals surface area contributed by atoms with Crippen molar-refractivity contribution in [1.82, 2.24) is 4.98 Å². The smallest absolute Gasteiger partial charge is 0.272 e. The van der Waals surface area contributed by atoms with Gasteiger partial charge < -0.3 is 20.8 Å². The van der Waals surface area contributed by atoms with Gasteiger partial charge in [0.25, 0.3) is 5.91 Å². The summed E-state index contributed by atoms with van der Waals surface area (Å²) in [7, 11) is 1.54. The number of nitrogens with one attached hydrogen (secondary N) is 2. The summed E-state index contributed by atoms with van der Waals surface area (Å²) in [6, 6.07) is 6.57. The number of ether oxygens (including phenoxy) is 1. The second-order valence-corrected chi connectivity index (χ2v) is 4.08. The molecule has 0 bridgehead atoms. The minimum atomic E-state index is -0.318. The van der Waals surface area contributed by atoms with Crippen molar-refractivity contribution < 1.29 is 9.53 Å². The first-order valence-corrected chi connectivity index (χ1v) is 5.56. The van der Waals surface area contributed by atoms with Crippen LogP contribution in [0.25, 0.3) is 0 Å². The minimum Gasteiger partial charge on any atom is -0.497 e. The molecule has 1 heterocycles. The van der Waals surface area contributed by atoms with Crippen LogP contribution in [0.1, 0.15) is 10.5 Å².